The molecule has 0 aromatic heterocycles. The molecule has 0 bridgehead atoms. The topological polar surface area (TPSA) is 80.7 Å². The summed E-state index contributed by atoms with van der Waals surface area (Å²) < 4.78 is 36.4. The fourth-order valence-electron chi connectivity index (χ4n) is 2.04. The van der Waals surface area contributed by atoms with Crippen LogP contribution in [-0.4, -0.2) is 18.9 Å². The Hall–Kier alpha value is -1.40. The Morgan fingerprint density at radius 1 is 1.24 bits per heavy atom. The van der Waals surface area contributed by atoms with Gasteiger partial charge in [0.1, 0.15) is 5.75 Å². The highest BCUT2D eigenvalue weighted by Crippen LogP contribution is 2.24. The van der Waals surface area contributed by atoms with Crippen LogP contribution in [0.3, 0.4) is 0 Å². The van der Waals surface area contributed by atoms with Crippen LogP contribution < -0.4 is 4.74 Å². The molecule has 0 aliphatic rings. The van der Waals surface area contributed by atoms with Crippen LogP contribution in [0.15, 0.2) is 29.2 Å². The van der Waals surface area contributed by atoms with Gasteiger partial charge in [0.05, 0.1) is 10.8 Å². The SMILES string of the molecule is CC(C)CC(C(=O)Oc1cccc(S(=O)(=O)O)c1)C(C)C. The van der Waals surface area contributed by atoms with Crippen molar-refractivity contribution in [1.82, 2.24) is 0 Å². The van der Waals surface area contributed by atoms with Crippen molar-refractivity contribution in [2.75, 3.05) is 0 Å². The number of ether oxygens (including phenoxy) is 1. The standard InChI is InChI=1S/C15H22O5S/c1-10(2)8-14(11(3)4)15(16)20-12-6-5-7-13(9-12)21(17,18)19/h5-7,9-11,14H,8H2,1-4H3,(H,17,18,19). The first kappa shape index (κ1) is 17.7. The molecule has 0 saturated carbocycles. The summed E-state index contributed by atoms with van der Waals surface area (Å²) in [6.45, 7) is 7.95. The summed E-state index contributed by atoms with van der Waals surface area (Å²) in [5, 5.41) is 0. The van der Waals surface area contributed by atoms with Gasteiger partial charge in [0.15, 0.2) is 0 Å². The maximum Gasteiger partial charge on any atom is 0.314 e. The molecule has 0 spiro atoms. The molecule has 6 heteroatoms. The van der Waals surface area contributed by atoms with E-state index in [0.717, 1.165) is 6.07 Å². The van der Waals surface area contributed by atoms with Gasteiger partial charge in [-0.05, 0) is 30.4 Å². The summed E-state index contributed by atoms with van der Waals surface area (Å²) >= 11 is 0. The highest BCUT2D eigenvalue weighted by molar-refractivity contribution is 7.85. The monoisotopic (exact) mass is 314 g/mol. The van der Waals surface area contributed by atoms with Crippen molar-refractivity contribution in [2.24, 2.45) is 17.8 Å². The summed E-state index contributed by atoms with van der Waals surface area (Å²) in [7, 11) is -4.31. The zero-order valence-corrected chi connectivity index (χ0v) is 13.6. The number of hydrogen-bond acceptors (Lipinski definition) is 4. The van der Waals surface area contributed by atoms with Gasteiger partial charge >= 0.3 is 5.97 Å². The zero-order chi connectivity index (χ0) is 16.2. The smallest absolute Gasteiger partial charge is 0.314 e. The van der Waals surface area contributed by atoms with Crippen LogP contribution in [-0.2, 0) is 14.9 Å². The molecule has 0 fully saturated rings. The van der Waals surface area contributed by atoms with Gasteiger partial charge in [0.2, 0.25) is 0 Å². The largest absolute Gasteiger partial charge is 0.426 e. The Bertz CT molecular complexity index is 590. The molecular formula is C15H22O5S. The number of benzene rings is 1. The molecule has 0 saturated heterocycles. The Labute approximate surface area is 126 Å². The van der Waals surface area contributed by atoms with E-state index in [4.69, 9.17) is 9.29 Å². The van der Waals surface area contributed by atoms with Crippen molar-refractivity contribution in [3.63, 3.8) is 0 Å². The maximum atomic E-state index is 12.2. The van der Waals surface area contributed by atoms with Crippen LogP contribution in [0, 0.1) is 17.8 Å². The van der Waals surface area contributed by atoms with Crippen molar-refractivity contribution in [3.05, 3.63) is 24.3 Å². The van der Waals surface area contributed by atoms with Crippen LogP contribution >= 0.6 is 0 Å². The maximum absolute atomic E-state index is 12.2. The van der Waals surface area contributed by atoms with Crippen molar-refractivity contribution in [2.45, 2.75) is 39.0 Å². The lowest BCUT2D eigenvalue weighted by molar-refractivity contribution is -0.141. The van der Waals surface area contributed by atoms with E-state index in [1.807, 2.05) is 27.7 Å². The van der Waals surface area contributed by atoms with Crippen LogP contribution in [0.25, 0.3) is 0 Å². The zero-order valence-electron chi connectivity index (χ0n) is 12.7. The van der Waals surface area contributed by atoms with E-state index in [1.165, 1.54) is 18.2 Å². The minimum atomic E-state index is -4.31. The molecule has 5 nitrogen and oxygen atoms in total. The Morgan fingerprint density at radius 3 is 2.33 bits per heavy atom. The highest BCUT2D eigenvalue weighted by atomic mass is 32.2. The second kappa shape index (κ2) is 7.04. The summed E-state index contributed by atoms with van der Waals surface area (Å²) in [5.41, 5.74) is 0. The first-order chi connectivity index (χ1) is 9.61. The summed E-state index contributed by atoms with van der Waals surface area (Å²) in [6, 6.07) is 5.28. The summed E-state index contributed by atoms with van der Waals surface area (Å²) in [6.07, 6.45) is 0.703. The number of carbonyl (C=O) groups is 1. The lowest BCUT2D eigenvalue weighted by Crippen LogP contribution is -2.26. The highest BCUT2D eigenvalue weighted by Gasteiger charge is 2.25. The molecule has 1 N–H and O–H groups in total. The number of carbonyl (C=O) groups excluding carboxylic acids is 1. The Morgan fingerprint density at radius 2 is 1.86 bits per heavy atom. The van der Waals surface area contributed by atoms with Crippen molar-refractivity contribution < 1.29 is 22.5 Å². The van der Waals surface area contributed by atoms with Gasteiger partial charge < -0.3 is 4.74 Å². The second-order valence-electron chi connectivity index (χ2n) is 5.85. The molecule has 0 radical (unpaired) electrons. The molecule has 1 atom stereocenters. The number of hydrogen-bond donors (Lipinski definition) is 1. The predicted molar refractivity (Wildman–Crippen MR) is 79.7 cm³/mol. The molecule has 0 aliphatic heterocycles. The van der Waals surface area contributed by atoms with E-state index < -0.39 is 10.1 Å². The Balaban J connectivity index is 2.91. The van der Waals surface area contributed by atoms with Gasteiger partial charge in [0, 0.05) is 6.07 Å². The molecule has 1 unspecified atom stereocenters. The third-order valence-corrected chi connectivity index (χ3v) is 4.00. The van der Waals surface area contributed by atoms with Crippen LogP contribution in [0.5, 0.6) is 5.75 Å². The van der Waals surface area contributed by atoms with E-state index in [1.54, 1.807) is 0 Å². The van der Waals surface area contributed by atoms with E-state index in [2.05, 4.69) is 0 Å². The predicted octanol–water partition coefficient (Wildman–Crippen LogP) is 3.16. The van der Waals surface area contributed by atoms with Crippen molar-refractivity contribution in [3.8, 4) is 5.75 Å². The fraction of sp³-hybridized carbons (Fsp3) is 0.533. The van der Waals surface area contributed by atoms with Gasteiger partial charge in [-0.3, -0.25) is 9.35 Å². The molecule has 118 valence electrons. The fourth-order valence-corrected chi connectivity index (χ4v) is 2.55. The van der Waals surface area contributed by atoms with Crippen molar-refractivity contribution in [1.29, 1.82) is 0 Å². The van der Waals surface area contributed by atoms with Crippen LogP contribution in [0.2, 0.25) is 0 Å². The molecule has 1 aromatic carbocycles. The summed E-state index contributed by atoms with van der Waals surface area (Å²) in [4.78, 5) is 11.9. The van der Waals surface area contributed by atoms with Gasteiger partial charge in [-0.25, -0.2) is 0 Å². The third kappa shape index (κ3) is 5.47. The lowest BCUT2D eigenvalue weighted by Gasteiger charge is -2.21. The minimum Gasteiger partial charge on any atom is -0.426 e. The average Bonchev–Trinajstić information content (AvgIpc) is 2.34. The molecular weight excluding hydrogens is 292 g/mol. The molecule has 1 rings (SSSR count). The van der Waals surface area contributed by atoms with Gasteiger partial charge in [0.25, 0.3) is 10.1 Å². The van der Waals surface area contributed by atoms with E-state index >= 15 is 0 Å². The van der Waals surface area contributed by atoms with Crippen molar-refractivity contribution >= 4 is 16.1 Å². The average molecular weight is 314 g/mol. The van der Waals surface area contributed by atoms with Gasteiger partial charge in [-0.2, -0.15) is 8.42 Å². The molecule has 0 heterocycles. The lowest BCUT2D eigenvalue weighted by atomic mass is 9.88. The number of esters is 1. The summed E-state index contributed by atoms with van der Waals surface area (Å²) in [5.74, 6) is -0.0335. The second-order valence-corrected chi connectivity index (χ2v) is 7.27. The van der Waals surface area contributed by atoms with E-state index in [0.29, 0.717) is 12.3 Å². The van der Waals surface area contributed by atoms with E-state index in [9.17, 15) is 13.2 Å². The molecule has 1 aromatic rings. The minimum absolute atomic E-state index is 0.115. The Kier molecular flexibility index (Phi) is 5.92. The molecule has 21 heavy (non-hydrogen) atoms. The quantitative estimate of drug-likeness (QED) is 0.495. The molecule has 0 aliphatic carbocycles. The number of rotatable bonds is 6. The normalized spacial score (nSPS) is 13.5. The first-order valence-electron chi connectivity index (χ1n) is 6.90. The third-order valence-electron chi connectivity index (χ3n) is 3.15. The van der Waals surface area contributed by atoms with Crippen LogP contribution in [0.4, 0.5) is 0 Å². The van der Waals surface area contributed by atoms with Gasteiger partial charge in [-0.15, -0.1) is 0 Å². The molecule has 0 amide bonds. The van der Waals surface area contributed by atoms with Gasteiger partial charge in [-0.1, -0.05) is 33.8 Å². The van der Waals surface area contributed by atoms with E-state index in [-0.39, 0.29) is 28.5 Å². The first-order valence-corrected chi connectivity index (χ1v) is 8.34. The van der Waals surface area contributed by atoms with Crippen LogP contribution in [0.1, 0.15) is 34.1 Å².